The lowest BCUT2D eigenvalue weighted by atomic mass is 10.1. The zero-order valence-corrected chi connectivity index (χ0v) is 13.3. The fourth-order valence-corrected chi connectivity index (χ4v) is 3.49. The van der Waals surface area contributed by atoms with Crippen molar-refractivity contribution in [2.24, 2.45) is 5.73 Å². The van der Waals surface area contributed by atoms with Crippen molar-refractivity contribution in [3.05, 3.63) is 59.2 Å². The van der Waals surface area contributed by atoms with E-state index in [-0.39, 0.29) is 12.1 Å². The monoisotopic (exact) mass is 299 g/mol. The van der Waals surface area contributed by atoms with Gasteiger partial charge < -0.3 is 10.5 Å². The molecule has 0 aliphatic carbocycles. The van der Waals surface area contributed by atoms with Crippen LogP contribution in [0.1, 0.15) is 29.7 Å². The highest BCUT2D eigenvalue weighted by Crippen LogP contribution is 2.32. The lowest BCUT2D eigenvalue weighted by Gasteiger charge is -2.11. The summed E-state index contributed by atoms with van der Waals surface area (Å²) in [5.74, 6) is 2.03. The topological polar surface area (TPSA) is 35.2 Å². The summed E-state index contributed by atoms with van der Waals surface area (Å²) in [5, 5.41) is 0. The number of thioether (sulfide) groups is 1. The maximum absolute atomic E-state index is 6.00. The summed E-state index contributed by atoms with van der Waals surface area (Å²) in [5.41, 5.74) is 9.69. The highest BCUT2D eigenvalue weighted by atomic mass is 32.2. The van der Waals surface area contributed by atoms with Crippen LogP contribution in [0.15, 0.2) is 47.4 Å². The first-order valence-corrected chi connectivity index (χ1v) is 8.35. The van der Waals surface area contributed by atoms with E-state index in [4.69, 9.17) is 10.5 Å². The lowest BCUT2D eigenvalue weighted by Crippen LogP contribution is -2.15. The zero-order chi connectivity index (χ0) is 14.8. The molecule has 2 aromatic rings. The van der Waals surface area contributed by atoms with Crippen molar-refractivity contribution in [3.8, 4) is 5.75 Å². The van der Waals surface area contributed by atoms with Gasteiger partial charge in [-0.15, -0.1) is 11.8 Å². The molecule has 1 heterocycles. The smallest absolute Gasteiger partial charge is 0.123 e. The Labute approximate surface area is 130 Å². The third-order valence-corrected chi connectivity index (χ3v) is 4.94. The Hall–Kier alpha value is -1.45. The number of rotatable bonds is 4. The molecule has 0 fully saturated rings. The summed E-state index contributed by atoms with van der Waals surface area (Å²) in [6.45, 7) is 4.13. The van der Waals surface area contributed by atoms with Crippen molar-refractivity contribution in [2.75, 3.05) is 5.75 Å². The van der Waals surface area contributed by atoms with Crippen molar-refractivity contribution < 1.29 is 4.74 Å². The minimum Gasteiger partial charge on any atom is -0.489 e. The predicted molar refractivity (Wildman–Crippen MR) is 89.1 cm³/mol. The Balaban J connectivity index is 1.57. The van der Waals surface area contributed by atoms with Crippen molar-refractivity contribution in [1.29, 1.82) is 0 Å². The standard InChI is InChI=1S/C18H21NOS/c1-12-3-8-18-15(9-12)10-16(20-18)11-21-17-6-4-14(5-7-17)13(2)19/h3-9,13,16H,10-11,19H2,1-2H3. The molecule has 0 bridgehead atoms. The van der Waals surface area contributed by atoms with Gasteiger partial charge in [-0.05, 0) is 43.2 Å². The number of hydrogen-bond acceptors (Lipinski definition) is 3. The number of ether oxygens (including phenoxy) is 1. The fraction of sp³-hybridized carbons (Fsp3) is 0.333. The van der Waals surface area contributed by atoms with Gasteiger partial charge in [0.15, 0.2) is 0 Å². The lowest BCUT2D eigenvalue weighted by molar-refractivity contribution is 0.259. The molecule has 0 spiro atoms. The molecule has 3 heteroatoms. The summed E-state index contributed by atoms with van der Waals surface area (Å²) in [4.78, 5) is 1.27. The van der Waals surface area contributed by atoms with Crippen LogP contribution in [-0.2, 0) is 6.42 Å². The molecule has 0 aromatic heterocycles. The first-order chi connectivity index (χ1) is 10.1. The molecule has 21 heavy (non-hydrogen) atoms. The van der Waals surface area contributed by atoms with E-state index in [1.54, 1.807) is 0 Å². The molecule has 2 atom stereocenters. The molecule has 2 aromatic carbocycles. The Morgan fingerprint density at radius 1 is 1.24 bits per heavy atom. The van der Waals surface area contributed by atoms with Crippen LogP contribution in [0.25, 0.3) is 0 Å². The summed E-state index contributed by atoms with van der Waals surface area (Å²) in [7, 11) is 0. The molecular weight excluding hydrogens is 278 g/mol. The van der Waals surface area contributed by atoms with Crippen molar-refractivity contribution in [3.63, 3.8) is 0 Å². The van der Waals surface area contributed by atoms with Gasteiger partial charge in [-0.25, -0.2) is 0 Å². The van der Waals surface area contributed by atoms with E-state index in [9.17, 15) is 0 Å². The highest BCUT2D eigenvalue weighted by Gasteiger charge is 2.22. The van der Waals surface area contributed by atoms with Crippen molar-refractivity contribution in [2.45, 2.75) is 37.3 Å². The third-order valence-electron chi connectivity index (χ3n) is 3.80. The molecule has 110 valence electrons. The van der Waals surface area contributed by atoms with Crippen LogP contribution in [0.4, 0.5) is 0 Å². The van der Waals surface area contributed by atoms with Gasteiger partial charge in [0.1, 0.15) is 11.9 Å². The minimum atomic E-state index is 0.0972. The first kappa shape index (κ1) is 14.5. The molecule has 0 saturated carbocycles. The van der Waals surface area contributed by atoms with Gasteiger partial charge in [-0.3, -0.25) is 0 Å². The van der Waals surface area contributed by atoms with E-state index >= 15 is 0 Å². The maximum Gasteiger partial charge on any atom is 0.123 e. The molecular formula is C18H21NOS. The first-order valence-electron chi connectivity index (χ1n) is 7.36. The quantitative estimate of drug-likeness (QED) is 0.863. The van der Waals surface area contributed by atoms with Gasteiger partial charge in [0, 0.05) is 23.1 Å². The van der Waals surface area contributed by atoms with Crippen LogP contribution in [0.3, 0.4) is 0 Å². The van der Waals surface area contributed by atoms with E-state index in [1.165, 1.54) is 21.6 Å². The molecule has 2 nitrogen and oxygen atoms in total. The Kier molecular flexibility index (Phi) is 4.22. The van der Waals surface area contributed by atoms with Crippen LogP contribution in [0, 0.1) is 6.92 Å². The van der Waals surface area contributed by atoms with Gasteiger partial charge in [-0.1, -0.05) is 29.8 Å². The number of benzene rings is 2. The van der Waals surface area contributed by atoms with Crippen LogP contribution in [-0.4, -0.2) is 11.9 Å². The fourth-order valence-electron chi connectivity index (χ4n) is 2.60. The summed E-state index contributed by atoms with van der Waals surface area (Å²) in [6.07, 6.45) is 1.29. The summed E-state index contributed by atoms with van der Waals surface area (Å²) < 4.78 is 6.00. The second-order valence-electron chi connectivity index (χ2n) is 5.72. The molecule has 0 saturated heterocycles. The van der Waals surface area contributed by atoms with Crippen molar-refractivity contribution in [1.82, 2.24) is 0 Å². The van der Waals surface area contributed by atoms with Gasteiger partial charge in [0.25, 0.3) is 0 Å². The van der Waals surface area contributed by atoms with Crippen LogP contribution >= 0.6 is 11.8 Å². The number of aryl methyl sites for hydroxylation is 1. The van der Waals surface area contributed by atoms with E-state index in [0.29, 0.717) is 0 Å². The van der Waals surface area contributed by atoms with Crippen LogP contribution in [0.5, 0.6) is 5.75 Å². The minimum absolute atomic E-state index is 0.0972. The van der Waals surface area contributed by atoms with Gasteiger partial charge in [0.05, 0.1) is 0 Å². The average molecular weight is 299 g/mol. The summed E-state index contributed by atoms with van der Waals surface area (Å²) in [6, 6.07) is 15.1. The number of fused-ring (bicyclic) bond motifs is 1. The largest absolute Gasteiger partial charge is 0.489 e. The number of hydrogen-bond donors (Lipinski definition) is 1. The second-order valence-corrected chi connectivity index (χ2v) is 6.82. The molecule has 0 amide bonds. The molecule has 1 aliphatic heterocycles. The van der Waals surface area contributed by atoms with E-state index < -0.39 is 0 Å². The Morgan fingerprint density at radius 2 is 2.00 bits per heavy atom. The third kappa shape index (κ3) is 3.42. The van der Waals surface area contributed by atoms with E-state index in [0.717, 1.165) is 17.9 Å². The van der Waals surface area contributed by atoms with E-state index in [1.807, 2.05) is 18.7 Å². The average Bonchev–Trinajstić information content (AvgIpc) is 2.87. The maximum atomic E-state index is 6.00. The second kappa shape index (κ2) is 6.12. The van der Waals surface area contributed by atoms with Gasteiger partial charge >= 0.3 is 0 Å². The summed E-state index contributed by atoms with van der Waals surface area (Å²) >= 11 is 1.85. The molecule has 3 rings (SSSR count). The molecule has 0 radical (unpaired) electrons. The zero-order valence-electron chi connectivity index (χ0n) is 12.5. The van der Waals surface area contributed by atoms with Crippen LogP contribution in [0.2, 0.25) is 0 Å². The van der Waals surface area contributed by atoms with Crippen molar-refractivity contribution >= 4 is 11.8 Å². The Bertz CT molecular complexity index is 622. The normalized spacial score (nSPS) is 18.1. The number of nitrogens with two attached hydrogens (primary N) is 1. The van der Waals surface area contributed by atoms with Gasteiger partial charge in [0.2, 0.25) is 0 Å². The SMILES string of the molecule is Cc1ccc2c(c1)CC(CSc1ccc(C(C)N)cc1)O2. The van der Waals surface area contributed by atoms with Crippen LogP contribution < -0.4 is 10.5 Å². The molecule has 2 unspecified atom stereocenters. The predicted octanol–water partition coefficient (Wildman–Crippen LogP) is 4.11. The highest BCUT2D eigenvalue weighted by molar-refractivity contribution is 7.99. The Morgan fingerprint density at radius 3 is 2.71 bits per heavy atom. The molecule has 2 N–H and O–H groups in total. The van der Waals surface area contributed by atoms with E-state index in [2.05, 4.69) is 49.4 Å². The molecule has 1 aliphatic rings. The van der Waals surface area contributed by atoms with Gasteiger partial charge in [-0.2, -0.15) is 0 Å².